The van der Waals surface area contributed by atoms with Crippen LogP contribution in [0.25, 0.3) is 22.4 Å². The highest BCUT2D eigenvalue weighted by Crippen LogP contribution is 2.44. The van der Waals surface area contributed by atoms with Gasteiger partial charge in [-0.2, -0.15) is 0 Å². The van der Waals surface area contributed by atoms with Gasteiger partial charge in [-0.1, -0.05) is 0 Å². The highest BCUT2D eigenvalue weighted by molar-refractivity contribution is 5.74. The number of aromatic nitrogens is 3. The van der Waals surface area contributed by atoms with E-state index >= 15 is 0 Å². The molecule has 0 spiro atoms. The van der Waals surface area contributed by atoms with Crippen molar-refractivity contribution in [2.45, 2.75) is 63.4 Å². The number of rotatable bonds is 5. The standard InChI is InChI=1S/C26H29F2N5O2/c1-25-7-8-26(2,31-25)14-17(13-25)32(3)23-5-4-21(29-30-23)19-11-20(28)18(12-22(19)34)16-6-9-33(15-27)24(35)10-16/h4-6,9-12,17,31,34H,7-8,13-15H2,1-3H3/t17-,25-,26+. The van der Waals surface area contributed by atoms with E-state index in [1.54, 1.807) is 6.07 Å². The Morgan fingerprint density at radius 3 is 2.43 bits per heavy atom. The quantitative estimate of drug-likeness (QED) is 0.567. The first kappa shape index (κ1) is 23.4. The van der Waals surface area contributed by atoms with Crippen molar-refractivity contribution in [1.82, 2.24) is 20.1 Å². The first-order valence-electron chi connectivity index (χ1n) is 11.8. The summed E-state index contributed by atoms with van der Waals surface area (Å²) >= 11 is 0. The fourth-order valence-electron chi connectivity index (χ4n) is 5.70. The number of alkyl halides is 1. The average molecular weight is 482 g/mol. The molecule has 2 saturated heterocycles. The molecule has 5 rings (SSSR count). The lowest BCUT2D eigenvalue weighted by atomic mass is 9.84. The van der Waals surface area contributed by atoms with Crippen LogP contribution in [-0.4, -0.2) is 44.0 Å². The third kappa shape index (κ3) is 4.29. The van der Waals surface area contributed by atoms with Gasteiger partial charge in [-0.05, 0) is 75.4 Å². The van der Waals surface area contributed by atoms with Crippen LogP contribution in [0.3, 0.4) is 0 Å². The molecule has 184 valence electrons. The molecule has 0 amide bonds. The van der Waals surface area contributed by atoms with Crippen LogP contribution < -0.4 is 15.8 Å². The van der Waals surface area contributed by atoms with Gasteiger partial charge in [0.1, 0.15) is 11.6 Å². The number of aromatic hydroxyl groups is 1. The molecule has 1 aromatic carbocycles. The first-order chi connectivity index (χ1) is 16.6. The van der Waals surface area contributed by atoms with Crippen molar-refractivity contribution >= 4 is 5.82 Å². The molecular weight excluding hydrogens is 452 g/mol. The number of phenols is 1. The van der Waals surface area contributed by atoms with Crippen LogP contribution in [-0.2, 0) is 6.80 Å². The number of hydrogen-bond donors (Lipinski definition) is 2. The zero-order chi connectivity index (χ0) is 25.0. The Labute approximate surface area is 202 Å². The van der Waals surface area contributed by atoms with Gasteiger partial charge < -0.3 is 15.3 Å². The third-order valence-corrected chi connectivity index (χ3v) is 7.56. The molecule has 0 unspecified atom stereocenters. The molecular formula is C26H29F2N5O2. The molecule has 2 fully saturated rings. The maximum Gasteiger partial charge on any atom is 0.253 e. The van der Waals surface area contributed by atoms with E-state index in [4.69, 9.17) is 0 Å². The van der Waals surface area contributed by atoms with Crippen molar-refractivity contribution in [3.05, 3.63) is 58.8 Å². The molecule has 7 nitrogen and oxygen atoms in total. The summed E-state index contributed by atoms with van der Waals surface area (Å²) < 4.78 is 28.6. The normalized spacial score (nSPS) is 25.6. The number of pyridine rings is 1. The number of anilines is 1. The minimum Gasteiger partial charge on any atom is -0.507 e. The van der Waals surface area contributed by atoms with Gasteiger partial charge in [0.2, 0.25) is 0 Å². The predicted octanol–water partition coefficient (Wildman–Crippen LogP) is 4.24. The second kappa shape index (κ2) is 8.41. The summed E-state index contributed by atoms with van der Waals surface area (Å²) in [5.74, 6) is -0.107. The maximum absolute atomic E-state index is 15.0. The van der Waals surface area contributed by atoms with Crippen molar-refractivity contribution < 1.29 is 13.9 Å². The van der Waals surface area contributed by atoms with Gasteiger partial charge in [0.15, 0.2) is 12.6 Å². The molecule has 4 heterocycles. The Morgan fingerprint density at radius 2 is 1.83 bits per heavy atom. The lowest BCUT2D eigenvalue weighted by Gasteiger charge is -2.45. The number of hydrogen-bond acceptors (Lipinski definition) is 6. The van der Waals surface area contributed by atoms with E-state index in [-0.39, 0.29) is 33.5 Å². The van der Waals surface area contributed by atoms with Crippen LogP contribution >= 0.6 is 0 Å². The molecule has 2 aromatic heterocycles. The van der Waals surface area contributed by atoms with E-state index in [0.29, 0.717) is 11.7 Å². The number of halogens is 2. The summed E-state index contributed by atoms with van der Waals surface area (Å²) in [4.78, 5) is 14.1. The van der Waals surface area contributed by atoms with Crippen LogP contribution in [0.15, 0.2) is 47.4 Å². The summed E-state index contributed by atoms with van der Waals surface area (Å²) in [6, 6.07) is 8.85. The smallest absolute Gasteiger partial charge is 0.253 e. The summed E-state index contributed by atoms with van der Waals surface area (Å²) in [6.45, 7) is 3.59. The van der Waals surface area contributed by atoms with Gasteiger partial charge in [0.05, 0.1) is 5.69 Å². The van der Waals surface area contributed by atoms with Crippen molar-refractivity contribution in [3.63, 3.8) is 0 Å². The Morgan fingerprint density at radius 1 is 1.11 bits per heavy atom. The Hall–Kier alpha value is -3.33. The van der Waals surface area contributed by atoms with E-state index < -0.39 is 18.2 Å². The molecule has 0 saturated carbocycles. The van der Waals surface area contributed by atoms with Crippen LogP contribution in [0.1, 0.15) is 39.5 Å². The number of fused-ring (bicyclic) bond motifs is 2. The van der Waals surface area contributed by atoms with Gasteiger partial charge in [0, 0.05) is 47.6 Å². The second-order valence-electron chi connectivity index (χ2n) is 10.4. The van der Waals surface area contributed by atoms with Crippen LogP contribution in [0.2, 0.25) is 0 Å². The molecule has 35 heavy (non-hydrogen) atoms. The predicted molar refractivity (Wildman–Crippen MR) is 130 cm³/mol. The Kier molecular flexibility index (Phi) is 5.62. The first-order valence-corrected chi connectivity index (χ1v) is 11.8. The van der Waals surface area contributed by atoms with Gasteiger partial charge >= 0.3 is 0 Å². The van der Waals surface area contributed by atoms with Crippen LogP contribution in [0.4, 0.5) is 14.6 Å². The summed E-state index contributed by atoms with van der Waals surface area (Å²) in [6.07, 6.45) is 5.61. The Bertz CT molecular complexity index is 1310. The van der Waals surface area contributed by atoms with E-state index in [9.17, 15) is 18.7 Å². The summed E-state index contributed by atoms with van der Waals surface area (Å²) in [7, 11) is 2.02. The SMILES string of the molecule is CN(c1ccc(-c2cc(F)c(-c3ccn(CF)c(=O)c3)cc2O)nn1)[C@H]1C[C@]2(C)CC[C@](C)(C1)N2. The lowest BCUT2D eigenvalue weighted by Crippen LogP contribution is -2.58. The lowest BCUT2D eigenvalue weighted by molar-refractivity contribution is 0.207. The van der Waals surface area contributed by atoms with Crippen molar-refractivity contribution in [2.75, 3.05) is 11.9 Å². The van der Waals surface area contributed by atoms with E-state index in [1.165, 1.54) is 24.4 Å². The largest absolute Gasteiger partial charge is 0.507 e. The van der Waals surface area contributed by atoms with E-state index in [1.807, 2.05) is 13.1 Å². The minimum atomic E-state index is -0.966. The molecule has 2 aliphatic rings. The zero-order valence-corrected chi connectivity index (χ0v) is 20.1. The van der Waals surface area contributed by atoms with E-state index in [2.05, 4.69) is 34.3 Å². The monoisotopic (exact) mass is 481 g/mol. The summed E-state index contributed by atoms with van der Waals surface area (Å²) in [5, 5.41) is 23.0. The molecule has 9 heteroatoms. The number of benzene rings is 1. The van der Waals surface area contributed by atoms with E-state index in [0.717, 1.165) is 42.1 Å². The van der Waals surface area contributed by atoms with Crippen molar-refractivity contribution in [2.24, 2.45) is 0 Å². The Balaban J connectivity index is 1.39. The number of piperidine rings is 1. The summed E-state index contributed by atoms with van der Waals surface area (Å²) in [5.41, 5.74) is 0.488. The average Bonchev–Trinajstić information content (AvgIpc) is 3.06. The molecule has 0 aliphatic carbocycles. The van der Waals surface area contributed by atoms with Crippen LogP contribution in [0, 0.1) is 5.82 Å². The van der Waals surface area contributed by atoms with Gasteiger partial charge in [0.25, 0.3) is 5.56 Å². The topological polar surface area (TPSA) is 83.3 Å². The maximum atomic E-state index is 15.0. The highest BCUT2D eigenvalue weighted by Gasteiger charge is 2.49. The van der Waals surface area contributed by atoms with Gasteiger partial charge in [-0.15, -0.1) is 10.2 Å². The van der Waals surface area contributed by atoms with Crippen molar-refractivity contribution in [1.29, 1.82) is 0 Å². The number of nitrogens with zero attached hydrogens (tertiary/aromatic N) is 4. The fourth-order valence-corrected chi connectivity index (χ4v) is 5.70. The molecule has 2 bridgehead atoms. The van der Waals surface area contributed by atoms with Gasteiger partial charge in [-0.3, -0.25) is 9.36 Å². The number of nitrogens with one attached hydrogen (secondary N) is 1. The molecule has 3 aromatic rings. The van der Waals surface area contributed by atoms with Crippen molar-refractivity contribution in [3.8, 4) is 28.1 Å². The van der Waals surface area contributed by atoms with Crippen LogP contribution in [0.5, 0.6) is 5.75 Å². The molecule has 3 atom stereocenters. The third-order valence-electron chi connectivity index (χ3n) is 7.56. The fraction of sp³-hybridized carbons (Fsp3) is 0.423. The minimum absolute atomic E-state index is 0.0428. The highest BCUT2D eigenvalue weighted by atomic mass is 19.1. The molecule has 0 radical (unpaired) electrons. The number of phenolic OH excluding ortho intramolecular Hbond substituents is 1. The molecule has 2 N–H and O–H groups in total. The zero-order valence-electron chi connectivity index (χ0n) is 20.1. The second-order valence-corrected chi connectivity index (χ2v) is 10.4. The van der Waals surface area contributed by atoms with Gasteiger partial charge in [-0.25, -0.2) is 8.78 Å². The molecule has 2 aliphatic heterocycles.